The van der Waals surface area contributed by atoms with Gasteiger partial charge in [0, 0.05) is 19.6 Å². The number of rotatable bonds is 3. The number of halogens is 3. The summed E-state index contributed by atoms with van der Waals surface area (Å²) in [4.78, 5) is 1.74. The molecule has 0 radical (unpaired) electrons. The molecule has 0 aromatic carbocycles. The van der Waals surface area contributed by atoms with Crippen LogP contribution in [0.25, 0.3) is 0 Å². The molecule has 1 heterocycles. The van der Waals surface area contributed by atoms with Crippen LogP contribution in [0.2, 0.25) is 0 Å². The topological polar surface area (TPSA) is 53.1 Å². The van der Waals surface area contributed by atoms with Crippen molar-refractivity contribution in [1.29, 1.82) is 5.41 Å². The second kappa shape index (κ2) is 4.61. The highest BCUT2D eigenvalue weighted by Gasteiger charge is 2.43. The Morgan fingerprint density at radius 1 is 1.38 bits per heavy atom. The van der Waals surface area contributed by atoms with Crippen LogP contribution in [0.5, 0.6) is 0 Å². The second-order valence-electron chi connectivity index (χ2n) is 4.72. The van der Waals surface area contributed by atoms with E-state index in [-0.39, 0.29) is 6.54 Å². The van der Waals surface area contributed by atoms with E-state index in [1.54, 1.807) is 4.90 Å². The molecule has 1 fully saturated rings. The first-order chi connectivity index (χ1) is 7.21. The number of alkyl halides is 3. The Bertz CT molecular complexity index is 255. The molecule has 0 amide bonds. The van der Waals surface area contributed by atoms with Crippen LogP contribution < -0.4 is 5.73 Å². The summed E-state index contributed by atoms with van der Waals surface area (Å²) in [5.74, 6) is -1.81. The zero-order valence-corrected chi connectivity index (χ0v) is 9.51. The third kappa shape index (κ3) is 3.10. The maximum atomic E-state index is 12.6. The third-order valence-corrected chi connectivity index (χ3v) is 3.28. The highest BCUT2D eigenvalue weighted by atomic mass is 19.4. The van der Waals surface area contributed by atoms with Gasteiger partial charge in [0.05, 0.1) is 0 Å². The Kier molecular flexibility index (Phi) is 3.83. The number of nitrogens with two attached hydrogens (primary N) is 1. The van der Waals surface area contributed by atoms with E-state index < -0.39 is 17.9 Å². The van der Waals surface area contributed by atoms with E-state index in [0.29, 0.717) is 24.9 Å². The summed E-state index contributed by atoms with van der Waals surface area (Å²) < 4.78 is 37.7. The van der Waals surface area contributed by atoms with Crippen LogP contribution >= 0.6 is 0 Å². The zero-order valence-electron chi connectivity index (χ0n) is 9.51. The van der Waals surface area contributed by atoms with E-state index in [1.807, 2.05) is 13.8 Å². The predicted octanol–water partition coefficient (Wildman–Crippen LogP) is 1.69. The minimum absolute atomic E-state index is 0.187. The number of nitrogens with one attached hydrogen (secondary N) is 1. The molecule has 3 atom stereocenters. The van der Waals surface area contributed by atoms with Crippen LogP contribution in [0.4, 0.5) is 13.2 Å². The number of nitrogens with zero attached hydrogens (tertiary/aromatic N) is 1. The SMILES string of the molecule is CC1CN(CC(C(=N)N)C(F)(F)F)CC1C. The number of hydrogen-bond acceptors (Lipinski definition) is 2. The molecule has 3 unspecified atom stereocenters. The molecule has 16 heavy (non-hydrogen) atoms. The minimum atomic E-state index is -4.42. The van der Waals surface area contributed by atoms with Gasteiger partial charge in [0.25, 0.3) is 0 Å². The summed E-state index contributed by atoms with van der Waals surface area (Å²) in [6.45, 7) is 5.18. The summed E-state index contributed by atoms with van der Waals surface area (Å²) >= 11 is 0. The van der Waals surface area contributed by atoms with Crippen molar-refractivity contribution >= 4 is 5.84 Å². The molecule has 1 saturated heterocycles. The van der Waals surface area contributed by atoms with Gasteiger partial charge in [-0.05, 0) is 11.8 Å². The van der Waals surface area contributed by atoms with Gasteiger partial charge < -0.3 is 10.6 Å². The first-order valence-corrected chi connectivity index (χ1v) is 5.34. The number of amidine groups is 1. The van der Waals surface area contributed by atoms with Gasteiger partial charge in [-0.25, -0.2) is 0 Å². The van der Waals surface area contributed by atoms with E-state index in [0.717, 1.165) is 0 Å². The van der Waals surface area contributed by atoms with Crippen LogP contribution in [0.3, 0.4) is 0 Å². The van der Waals surface area contributed by atoms with Crippen molar-refractivity contribution in [2.24, 2.45) is 23.5 Å². The largest absolute Gasteiger partial charge is 0.399 e. The van der Waals surface area contributed by atoms with Gasteiger partial charge in [0.1, 0.15) is 11.8 Å². The van der Waals surface area contributed by atoms with Gasteiger partial charge in [0.2, 0.25) is 0 Å². The molecule has 0 aromatic rings. The van der Waals surface area contributed by atoms with Crippen molar-refractivity contribution in [3.05, 3.63) is 0 Å². The lowest BCUT2D eigenvalue weighted by atomic mass is 10.0. The molecule has 0 bridgehead atoms. The lowest BCUT2D eigenvalue weighted by molar-refractivity contribution is -0.159. The van der Waals surface area contributed by atoms with Gasteiger partial charge in [-0.15, -0.1) is 0 Å². The molecule has 0 aliphatic carbocycles. The molecule has 0 aromatic heterocycles. The van der Waals surface area contributed by atoms with Crippen LogP contribution in [0, 0.1) is 23.2 Å². The maximum absolute atomic E-state index is 12.6. The van der Waals surface area contributed by atoms with E-state index >= 15 is 0 Å². The monoisotopic (exact) mass is 237 g/mol. The summed E-state index contributed by atoms with van der Waals surface area (Å²) in [5.41, 5.74) is 5.01. The fourth-order valence-corrected chi connectivity index (χ4v) is 2.03. The summed E-state index contributed by atoms with van der Waals surface area (Å²) in [5, 5.41) is 7.00. The Labute approximate surface area is 93.3 Å². The Hall–Kier alpha value is -0.780. The van der Waals surface area contributed by atoms with Gasteiger partial charge in [-0.2, -0.15) is 13.2 Å². The molecular formula is C10H18F3N3. The molecule has 94 valence electrons. The van der Waals surface area contributed by atoms with Crippen molar-refractivity contribution in [2.75, 3.05) is 19.6 Å². The second-order valence-corrected chi connectivity index (χ2v) is 4.72. The van der Waals surface area contributed by atoms with E-state index in [2.05, 4.69) is 0 Å². The van der Waals surface area contributed by atoms with Gasteiger partial charge in [-0.3, -0.25) is 5.41 Å². The first-order valence-electron chi connectivity index (χ1n) is 5.34. The van der Waals surface area contributed by atoms with E-state index in [9.17, 15) is 13.2 Å². The van der Waals surface area contributed by atoms with Crippen molar-refractivity contribution in [3.63, 3.8) is 0 Å². The molecule has 0 spiro atoms. The average Bonchev–Trinajstić information content (AvgIpc) is 2.40. The molecule has 6 heteroatoms. The van der Waals surface area contributed by atoms with Gasteiger partial charge in [0.15, 0.2) is 0 Å². The Balaban J connectivity index is 2.61. The molecule has 3 N–H and O–H groups in total. The lowest BCUT2D eigenvalue weighted by Gasteiger charge is -2.24. The van der Waals surface area contributed by atoms with Crippen LogP contribution in [0.15, 0.2) is 0 Å². The van der Waals surface area contributed by atoms with E-state index in [1.165, 1.54) is 0 Å². The van der Waals surface area contributed by atoms with E-state index in [4.69, 9.17) is 11.1 Å². The van der Waals surface area contributed by atoms with Gasteiger partial charge in [-0.1, -0.05) is 13.8 Å². The normalized spacial score (nSPS) is 29.3. The standard InChI is InChI=1S/C10H18F3N3/c1-6-3-16(4-7(6)2)5-8(9(14)15)10(11,12)13/h6-8H,3-5H2,1-2H3,(H3,14,15). The van der Waals surface area contributed by atoms with Crippen molar-refractivity contribution < 1.29 is 13.2 Å². The summed E-state index contributed by atoms with van der Waals surface area (Å²) in [6, 6.07) is 0. The molecule has 1 aliphatic heterocycles. The fourth-order valence-electron chi connectivity index (χ4n) is 2.03. The third-order valence-electron chi connectivity index (χ3n) is 3.28. The highest BCUT2D eigenvalue weighted by molar-refractivity contribution is 5.80. The highest BCUT2D eigenvalue weighted by Crippen LogP contribution is 2.30. The Morgan fingerprint density at radius 2 is 1.81 bits per heavy atom. The average molecular weight is 237 g/mol. The smallest absolute Gasteiger partial charge is 0.387 e. The van der Waals surface area contributed by atoms with Crippen LogP contribution in [0.1, 0.15) is 13.8 Å². The molecule has 0 saturated carbocycles. The fraction of sp³-hybridized carbons (Fsp3) is 0.900. The van der Waals surface area contributed by atoms with Crippen LogP contribution in [-0.2, 0) is 0 Å². The minimum Gasteiger partial charge on any atom is -0.387 e. The lowest BCUT2D eigenvalue weighted by Crippen LogP contribution is -2.43. The molecule has 1 rings (SSSR count). The van der Waals surface area contributed by atoms with Crippen molar-refractivity contribution in [1.82, 2.24) is 4.90 Å². The zero-order chi connectivity index (χ0) is 12.5. The summed E-state index contributed by atoms with van der Waals surface area (Å²) in [6.07, 6.45) is -4.42. The summed E-state index contributed by atoms with van der Waals surface area (Å²) in [7, 11) is 0. The first kappa shape index (κ1) is 13.3. The molecular weight excluding hydrogens is 219 g/mol. The number of hydrogen-bond donors (Lipinski definition) is 2. The van der Waals surface area contributed by atoms with Crippen molar-refractivity contribution in [2.45, 2.75) is 20.0 Å². The number of likely N-dealkylation sites (tertiary alicyclic amines) is 1. The van der Waals surface area contributed by atoms with Crippen LogP contribution in [-0.4, -0.2) is 36.5 Å². The van der Waals surface area contributed by atoms with Crippen molar-refractivity contribution in [3.8, 4) is 0 Å². The predicted molar refractivity (Wildman–Crippen MR) is 56.2 cm³/mol. The maximum Gasteiger partial charge on any atom is 0.399 e. The molecule has 1 aliphatic rings. The quantitative estimate of drug-likeness (QED) is 0.579. The van der Waals surface area contributed by atoms with Gasteiger partial charge >= 0.3 is 6.18 Å². The Morgan fingerprint density at radius 3 is 2.12 bits per heavy atom. The molecule has 3 nitrogen and oxygen atoms in total.